The van der Waals surface area contributed by atoms with Crippen molar-refractivity contribution >= 4 is 11.6 Å². The van der Waals surface area contributed by atoms with E-state index in [-0.39, 0.29) is 16.9 Å². The van der Waals surface area contributed by atoms with Gasteiger partial charge in [0.05, 0.1) is 16.9 Å². The van der Waals surface area contributed by atoms with Crippen LogP contribution in [-0.2, 0) is 5.60 Å². The van der Waals surface area contributed by atoms with Crippen LogP contribution in [0.4, 0.5) is 0 Å². The smallest absolute Gasteiger partial charge is 0.118 e. The summed E-state index contributed by atoms with van der Waals surface area (Å²) in [6.45, 7) is 10.8. The monoisotopic (exact) mass is 296 g/mol. The maximum absolute atomic E-state index is 11.8. The first-order chi connectivity index (χ1) is 9.15. The molecule has 2 aliphatic rings. The Balaban J connectivity index is 2.25. The maximum Gasteiger partial charge on any atom is 0.118 e. The van der Waals surface area contributed by atoms with Crippen molar-refractivity contribution < 1.29 is 5.11 Å². The van der Waals surface area contributed by atoms with Crippen LogP contribution in [0.2, 0.25) is 5.02 Å². The summed E-state index contributed by atoms with van der Waals surface area (Å²) in [5.41, 5.74) is -0.349. The highest BCUT2D eigenvalue weighted by atomic mass is 35.5. The van der Waals surface area contributed by atoms with E-state index in [1.165, 1.54) is 6.42 Å². The Morgan fingerprint density at radius 2 is 2.05 bits per heavy atom. The van der Waals surface area contributed by atoms with Gasteiger partial charge in [0.1, 0.15) is 5.60 Å². The quantitative estimate of drug-likeness (QED) is 0.890. The standard InChI is InChI=1S/C16H25ClN2O/c1-10(2)19-13(12(17)9-18-19)16(20)14(3,4)11-6-7-15(16,5)8-11/h9-11,20H,6-8H2,1-5H3. The second-order valence-electron chi connectivity index (χ2n) is 7.81. The molecule has 0 aliphatic heterocycles. The van der Waals surface area contributed by atoms with Gasteiger partial charge in [-0.15, -0.1) is 0 Å². The minimum absolute atomic E-state index is 0.0997. The summed E-state index contributed by atoms with van der Waals surface area (Å²) in [4.78, 5) is 0. The van der Waals surface area contributed by atoms with E-state index in [2.05, 4.69) is 39.7 Å². The maximum atomic E-state index is 11.8. The average Bonchev–Trinajstić information content (AvgIpc) is 2.95. The molecule has 2 fully saturated rings. The molecule has 3 atom stereocenters. The number of aliphatic hydroxyl groups is 1. The Labute approximate surface area is 126 Å². The third kappa shape index (κ3) is 1.43. The summed E-state index contributed by atoms with van der Waals surface area (Å²) in [7, 11) is 0. The molecule has 3 nitrogen and oxygen atoms in total. The first kappa shape index (κ1) is 14.4. The molecule has 0 spiro atoms. The molecule has 3 unspecified atom stereocenters. The third-order valence-corrected chi connectivity index (χ3v) is 6.43. The van der Waals surface area contributed by atoms with E-state index in [1.54, 1.807) is 6.20 Å². The Bertz CT molecular complexity index is 544. The fourth-order valence-corrected chi connectivity index (χ4v) is 5.19. The van der Waals surface area contributed by atoms with Gasteiger partial charge < -0.3 is 5.11 Å². The minimum atomic E-state index is -0.902. The lowest BCUT2D eigenvalue weighted by molar-refractivity contribution is -0.156. The van der Waals surface area contributed by atoms with Crippen molar-refractivity contribution in [1.29, 1.82) is 0 Å². The summed E-state index contributed by atoms with van der Waals surface area (Å²) in [6.07, 6.45) is 5.03. The molecular weight excluding hydrogens is 272 g/mol. The van der Waals surface area contributed by atoms with E-state index in [4.69, 9.17) is 11.6 Å². The topological polar surface area (TPSA) is 38.0 Å². The van der Waals surface area contributed by atoms with Crippen molar-refractivity contribution in [2.24, 2.45) is 16.7 Å². The highest BCUT2D eigenvalue weighted by Crippen LogP contribution is 2.72. The molecule has 112 valence electrons. The lowest BCUT2D eigenvalue weighted by Crippen LogP contribution is -2.52. The molecular formula is C16H25ClN2O. The van der Waals surface area contributed by atoms with Crippen molar-refractivity contribution in [2.75, 3.05) is 0 Å². The SMILES string of the molecule is CC(C)n1ncc(Cl)c1C1(O)C2(C)CCC(C2)C1(C)C. The summed E-state index contributed by atoms with van der Waals surface area (Å²) in [6, 6.07) is 0.194. The lowest BCUT2D eigenvalue weighted by Gasteiger charge is -2.51. The molecule has 1 aromatic heterocycles. The summed E-state index contributed by atoms with van der Waals surface area (Å²) in [5.74, 6) is 0.559. The second kappa shape index (κ2) is 4.01. The number of rotatable bonds is 2. The predicted molar refractivity (Wildman–Crippen MR) is 80.7 cm³/mol. The highest BCUT2D eigenvalue weighted by Gasteiger charge is 2.70. The fourth-order valence-electron chi connectivity index (χ4n) is 4.92. The molecule has 20 heavy (non-hydrogen) atoms. The van der Waals surface area contributed by atoms with Gasteiger partial charge in [-0.1, -0.05) is 32.4 Å². The van der Waals surface area contributed by atoms with Gasteiger partial charge in [-0.3, -0.25) is 4.68 Å². The van der Waals surface area contributed by atoms with Gasteiger partial charge in [0.2, 0.25) is 0 Å². The lowest BCUT2D eigenvalue weighted by atomic mass is 9.59. The number of aromatic nitrogens is 2. The van der Waals surface area contributed by atoms with Gasteiger partial charge in [-0.05, 0) is 39.0 Å². The Kier molecular flexibility index (Phi) is 2.89. The minimum Gasteiger partial charge on any atom is -0.382 e. The molecule has 0 amide bonds. The summed E-state index contributed by atoms with van der Waals surface area (Å²) >= 11 is 6.44. The molecule has 1 N–H and O–H groups in total. The zero-order valence-electron chi connectivity index (χ0n) is 13.1. The zero-order valence-corrected chi connectivity index (χ0v) is 13.8. The summed E-state index contributed by atoms with van der Waals surface area (Å²) in [5, 5.41) is 16.8. The van der Waals surface area contributed by atoms with Gasteiger partial charge >= 0.3 is 0 Å². The molecule has 2 saturated carbocycles. The zero-order chi connectivity index (χ0) is 14.9. The highest BCUT2D eigenvalue weighted by molar-refractivity contribution is 6.31. The van der Waals surface area contributed by atoms with E-state index < -0.39 is 5.60 Å². The molecule has 2 aliphatic carbocycles. The third-order valence-electron chi connectivity index (χ3n) is 6.15. The van der Waals surface area contributed by atoms with E-state index in [0.717, 1.165) is 18.5 Å². The van der Waals surface area contributed by atoms with Crippen LogP contribution in [0.25, 0.3) is 0 Å². The Hall–Kier alpha value is -0.540. The van der Waals surface area contributed by atoms with E-state index in [9.17, 15) is 5.11 Å². The van der Waals surface area contributed by atoms with E-state index >= 15 is 0 Å². The Morgan fingerprint density at radius 1 is 1.40 bits per heavy atom. The van der Waals surface area contributed by atoms with Crippen LogP contribution >= 0.6 is 11.6 Å². The van der Waals surface area contributed by atoms with Crippen LogP contribution in [0.15, 0.2) is 6.20 Å². The molecule has 0 aromatic carbocycles. The second-order valence-corrected chi connectivity index (χ2v) is 8.22. The van der Waals surface area contributed by atoms with Gasteiger partial charge in [0.25, 0.3) is 0 Å². The van der Waals surface area contributed by atoms with E-state index in [0.29, 0.717) is 10.9 Å². The number of halogens is 1. The first-order valence-corrected chi connectivity index (χ1v) is 7.99. The number of hydrogen-bond donors (Lipinski definition) is 1. The molecule has 3 rings (SSSR count). The van der Waals surface area contributed by atoms with Gasteiger partial charge in [0, 0.05) is 16.9 Å². The van der Waals surface area contributed by atoms with Crippen molar-refractivity contribution in [1.82, 2.24) is 9.78 Å². The number of fused-ring (bicyclic) bond motifs is 2. The summed E-state index contributed by atoms with van der Waals surface area (Å²) < 4.78 is 1.91. The van der Waals surface area contributed by atoms with Crippen molar-refractivity contribution in [2.45, 2.75) is 65.5 Å². The molecule has 0 saturated heterocycles. The van der Waals surface area contributed by atoms with Crippen LogP contribution in [0, 0.1) is 16.7 Å². The van der Waals surface area contributed by atoms with Crippen molar-refractivity contribution in [3.63, 3.8) is 0 Å². The molecule has 0 radical (unpaired) electrons. The van der Waals surface area contributed by atoms with E-state index in [1.807, 2.05) is 4.68 Å². The van der Waals surface area contributed by atoms with Crippen molar-refractivity contribution in [3.05, 3.63) is 16.9 Å². The number of hydrogen-bond acceptors (Lipinski definition) is 2. The first-order valence-electron chi connectivity index (χ1n) is 7.61. The largest absolute Gasteiger partial charge is 0.382 e. The van der Waals surface area contributed by atoms with Gasteiger partial charge in [-0.25, -0.2) is 0 Å². The normalized spacial score (nSPS) is 38.9. The number of nitrogens with zero attached hydrogens (tertiary/aromatic N) is 2. The van der Waals surface area contributed by atoms with Gasteiger partial charge in [-0.2, -0.15) is 5.10 Å². The molecule has 2 bridgehead atoms. The predicted octanol–water partition coefficient (Wildman–Crippen LogP) is 4.15. The molecule has 4 heteroatoms. The average molecular weight is 297 g/mol. The Morgan fingerprint density at radius 3 is 2.55 bits per heavy atom. The van der Waals surface area contributed by atoms with Crippen molar-refractivity contribution in [3.8, 4) is 0 Å². The van der Waals surface area contributed by atoms with Crippen LogP contribution in [0.1, 0.15) is 65.6 Å². The molecule has 1 aromatic rings. The van der Waals surface area contributed by atoms with Crippen LogP contribution in [0.5, 0.6) is 0 Å². The fraction of sp³-hybridized carbons (Fsp3) is 0.812. The van der Waals surface area contributed by atoms with Crippen LogP contribution in [-0.4, -0.2) is 14.9 Å². The van der Waals surface area contributed by atoms with Gasteiger partial charge in [0.15, 0.2) is 0 Å². The van der Waals surface area contributed by atoms with Crippen LogP contribution < -0.4 is 0 Å². The molecule has 1 heterocycles. The van der Waals surface area contributed by atoms with Crippen LogP contribution in [0.3, 0.4) is 0 Å².